The highest BCUT2D eigenvalue weighted by Crippen LogP contribution is 2.65. The molecule has 1 heterocycles. The fourth-order valence-electron chi connectivity index (χ4n) is 4.79. The molecule has 2 bridgehead atoms. The molecule has 2 aliphatic carbocycles. The first-order chi connectivity index (χ1) is 8.95. The van der Waals surface area contributed by atoms with Gasteiger partial charge in [-0.2, -0.15) is 0 Å². The third-order valence-electron chi connectivity index (χ3n) is 6.78. The number of carbonyl (C=O) groups is 1. The molecule has 0 aromatic rings. The summed E-state index contributed by atoms with van der Waals surface area (Å²) in [5.41, 5.74) is 0.686. The Morgan fingerprint density at radius 2 is 2.00 bits per heavy atom. The molecule has 3 rings (SSSR count). The summed E-state index contributed by atoms with van der Waals surface area (Å²) in [6.45, 7) is 9.13. The maximum absolute atomic E-state index is 12.4. The molecule has 0 spiro atoms. The van der Waals surface area contributed by atoms with Crippen LogP contribution in [0.2, 0.25) is 0 Å². The zero-order valence-electron chi connectivity index (χ0n) is 13.0. The number of halogens is 1. The van der Waals surface area contributed by atoms with Crippen LogP contribution in [0.3, 0.4) is 0 Å². The van der Waals surface area contributed by atoms with Gasteiger partial charge in [0, 0.05) is 12.6 Å². The predicted octanol–water partition coefficient (Wildman–Crippen LogP) is 2.74. The molecule has 1 amide bonds. The highest BCUT2D eigenvalue weighted by Gasteiger charge is 2.61. The van der Waals surface area contributed by atoms with Crippen LogP contribution >= 0.6 is 12.4 Å². The lowest BCUT2D eigenvalue weighted by molar-refractivity contribution is -0.127. The molecule has 0 aromatic heterocycles. The Bertz CT molecular complexity index is 379. The van der Waals surface area contributed by atoms with Crippen LogP contribution < -0.4 is 10.6 Å². The molecule has 4 atom stereocenters. The number of nitrogens with one attached hydrogen (secondary N) is 2. The minimum atomic E-state index is 0. The molecule has 3 aliphatic rings. The van der Waals surface area contributed by atoms with E-state index in [9.17, 15) is 4.79 Å². The average Bonchev–Trinajstić information content (AvgIpc) is 2.73. The summed E-state index contributed by atoms with van der Waals surface area (Å²) in [6, 6.07) is 0.399. The molecule has 0 radical (unpaired) electrons. The van der Waals surface area contributed by atoms with Crippen molar-refractivity contribution in [1.29, 1.82) is 0 Å². The number of amides is 1. The largest absolute Gasteiger partial charge is 0.353 e. The van der Waals surface area contributed by atoms with Crippen molar-refractivity contribution in [3.05, 3.63) is 0 Å². The van der Waals surface area contributed by atoms with Crippen molar-refractivity contribution in [3.8, 4) is 0 Å². The average molecular weight is 301 g/mol. The summed E-state index contributed by atoms with van der Waals surface area (Å²) >= 11 is 0. The highest BCUT2D eigenvalue weighted by atomic mass is 35.5. The van der Waals surface area contributed by atoms with E-state index in [1.54, 1.807) is 0 Å². The molecule has 4 heteroatoms. The van der Waals surface area contributed by atoms with Gasteiger partial charge >= 0.3 is 0 Å². The SMILES string of the molecule is CC1(C)C2CCC1(C)C(NC(=O)[C@@H]1CCCNC1)C2.Cl. The van der Waals surface area contributed by atoms with E-state index in [2.05, 4.69) is 31.4 Å². The first-order valence-corrected chi connectivity index (χ1v) is 7.96. The summed E-state index contributed by atoms with van der Waals surface area (Å²) in [6.07, 6.45) is 6.00. The number of piperidine rings is 1. The minimum Gasteiger partial charge on any atom is -0.353 e. The first-order valence-electron chi connectivity index (χ1n) is 7.96. The monoisotopic (exact) mass is 300 g/mol. The Labute approximate surface area is 129 Å². The van der Waals surface area contributed by atoms with Crippen LogP contribution in [0.4, 0.5) is 0 Å². The molecular weight excluding hydrogens is 272 g/mol. The molecule has 1 saturated heterocycles. The topological polar surface area (TPSA) is 41.1 Å². The second-order valence-electron chi connectivity index (χ2n) is 7.71. The zero-order valence-corrected chi connectivity index (χ0v) is 13.8. The van der Waals surface area contributed by atoms with Gasteiger partial charge in [0.2, 0.25) is 5.91 Å². The third kappa shape index (κ3) is 2.27. The van der Waals surface area contributed by atoms with Crippen molar-refractivity contribution < 1.29 is 4.79 Å². The molecule has 20 heavy (non-hydrogen) atoms. The maximum atomic E-state index is 12.4. The smallest absolute Gasteiger partial charge is 0.224 e. The van der Waals surface area contributed by atoms with Crippen LogP contribution in [0.5, 0.6) is 0 Å². The molecule has 3 nitrogen and oxygen atoms in total. The Kier molecular flexibility index (Phi) is 4.42. The zero-order chi connectivity index (χ0) is 13.7. The number of carbonyl (C=O) groups excluding carboxylic acids is 1. The summed E-state index contributed by atoms with van der Waals surface area (Å²) < 4.78 is 0. The van der Waals surface area contributed by atoms with E-state index in [-0.39, 0.29) is 18.3 Å². The lowest BCUT2D eigenvalue weighted by Crippen LogP contribution is -2.50. The van der Waals surface area contributed by atoms with Gasteiger partial charge in [-0.15, -0.1) is 12.4 Å². The van der Waals surface area contributed by atoms with E-state index in [1.165, 1.54) is 19.3 Å². The summed E-state index contributed by atoms with van der Waals surface area (Å²) in [4.78, 5) is 12.4. The number of hydrogen-bond acceptors (Lipinski definition) is 2. The molecular formula is C16H29ClN2O. The van der Waals surface area contributed by atoms with Gasteiger partial charge < -0.3 is 10.6 Å². The van der Waals surface area contributed by atoms with Gasteiger partial charge in [0.05, 0.1) is 5.92 Å². The van der Waals surface area contributed by atoms with Crippen molar-refractivity contribution >= 4 is 18.3 Å². The van der Waals surface area contributed by atoms with Crippen LogP contribution in [-0.4, -0.2) is 25.0 Å². The Morgan fingerprint density at radius 3 is 2.50 bits per heavy atom. The van der Waals surface area contributed by atoms with Crippen molar-refractivity contribution in [2.24, 2.45) is 22.7 Å². The maximum Gasteiger partial charge on any atom is 0.224 e. The predicted molar refractivity (Wildman–Crippen MR) is 84.0 cm³/mol. The fourth-order valence-corrected chi connectivity index (χ4v) is 4.79. The molecule has 0 aromatic carbocycles. The quantitative estimate of drug-likeness (QED) is 0.823. The van der Waals surface area contributed by atoms with Gasteiger partial charge in [0.15, 0.2) is 0 Å². The van der Waals surface area contributed by atoms with Crippen LogP contribution in [0.15, 0.2) is 0 Å². The Hall–Kier alpha value is -0.280. The van der Waals surface area contributed by atoms with Gasteiger partial charge in [-0.05, 0) is 55.4 Å². The van der Waals surface area contributed by atoms with E-state index in [4.69, 9.17) is 0 Å². The first kappa shape index (κ1) is 16.1. The number of rotatable bonds is 2. The van der Waals surface area contributed by atoms with Gasteiger partial charge in [0.1, 0.15) is 0 Å². The van der Waals surface area contributed by atoms with Gasteiger partial charge in [-0.25, -0.2) is 0 Å². The van der Waals surface area contributed by atoms with E-state index >= 15 is 0 Å². The molecule has 2 N–H and O–H groups in total. The van der Waals surface area contributed by atoms with Crippen molar-refractivity contribution in [2.45, 2.75) is 58.9 Å². The summed E-state index contributed by atoms with van der Waals surface area (Å²) in [7, 11) is 0. The normalized spacial score (nSPS) is 42.0. The van der Waals surface area contributed by atoms with Crippen LogP contribution in [-0.2, 0) is 4.79 Å². The Balaban J connectivity index is 0.00000147. The lowest BCUT2D eigenvalue weighted by Gasteiger charge is -2.40. The van der Waals surface area contributed by atoms with E-state index < -0.39 is 0 Å². The van der Waals surface area contributed by atoms with E-state index in [0.29, 0.717) is 22.8 Å². The van der Waals surface area contributed by atoms with Crippen LogP contribution in [0, 0.1) is 22.7 Å². The van der Waals surface area contributed by atoms with E-state index in [1.807, 2.05) is 0 Å². The summed E-state index contributed by atoms with van der Waals surface area (Å²) in [5.74, 6) is 1.29. The number of hydrogen-bond donors (Lipinski definition) is 2. The second-order valence-corrected chi connectivity index (χ2v) is 7.71. The number of fused-ring (bicyclic) bond motifs is 2. The van der Waals surface area contributed by atoms with E-state index in [0.717, 1.165) is 31.8 Å². The minimum absolute atomic E-state index is 0. The molecule has 3 unspecified atom stereocenters. The van der Waals surface area contributed by atoms with Crippen LogP contribution in [0.25, 0.3) is 0 Å². The van der Waals surface area contributed by atoms with Crippen molar-refractivity contribution in [1.82, 2.24) is 10.6 Å². The second kappa shape index (κ2) is 5.49. The molecule has 1 aliphatic heterocycles. The summed E-state index contributed by atoms with van der Waals surface area (Å²) in [5, 5.41) is 6.74. The Morgan fingerprint density at radius 1 is 1.25 bits per heavy atom. The van der Waals surface area contributed by atoms with Crippen molar-refractivity contribution in [2.75, 3.05) is 13.1 Å². The standard InChI is InChI=1S/C16H28N2O.ClH/c1-15(2)12-6-7-16(15,3)13(9-12)18-14(19)11-5-4-8-17-10-11;/h11-13,17H,4-10H2,1-3H3,(H,18,19);1H/t11-,12?,13?,16?;/m1./s1. The molecule has 116 valence electrons. The highest BCUT2D eigenvalue weighted by molar-refractivity contribution is 5.85. The lowest BCUT2D eigenvalue weighted by atomic mass is 9.69. The fraction of sp³-hybridized carbons (Fsp3) is 0.938. The van der Waals surface area contributed by atoms with Gasteiger partial charge in [-0.1, -0.05) is 20.8 Å². The van der Waals surface area contributed by atoms with Gasteiger partial charge in [0.25, 0.3) is 0 Å². The van der Waals surface area contributed by atoms with Crippen molar-refractivity contribution in [3.63, 3.8) is 0 Å². The van der Waals surface area contributed by atoms with Gasteiger partial charge in [-0.3, -0.25) is 4.79 Å². The molecule has 2 saturated carbocycles. The third-order valence-corrected chi connectivity index (χ3v) is 6.78. The van der Waals surface area contributed by atoms with Crippen LogP contribution in [0.1, 0.15) is 52.9 Å². The molecule has 3 fully saturated rings.